The van der Waals surface area contributed by atoms with E-state index in [9.17, 15) is 4.79 Å². The quantitative estimate of drug-likeness (QED) is 0.648. The lowest BCUT2D eigenvalue weighted by molar-refractivity contribution is 0.0619. The number of aryl methyl sites for hydroxylation is 1. The van der Waals surface area contributed by atoms with Crippen molar-refractivity contribution in [3.8, 4) is 0 Å². The monoisotopic (exact) mass is 401 g/mol. The van der Waals surface area contributed by atoms with Crippen LogP contribution in [0.15, 0.2) is 48.5 Å². The first-order valence-corrected chi connectivity index (χ1v) is 9.78. The Bertz CT molecular complexity index is 990. The van der Waals surface area contributed by atoms with Crippen LogP contribution in [-0.4, -0.2) is 46.5 Å². The second kappa shape index (κ2) is 7.55. The Morgan fingerprint density at radius 1 is 1.00 bits per heavy atom. The van der Waals surface area contributed by atoms with Crippen molar-refractivity contribution in [2.45, 2.75) is 6.54 Å². The second-order valence-corrected chi connectivity index (χ2v) is 7.80. The Balaban J connectivity index is 1.44. The van der Waals surface area contributed by atoms with Crippen LogP contribution in [0.3, 0.4) is 0 Å². The normalized spacial score (nSPS) is 15.4. The van der Waals surface area contributed by atoms with Crippen molar-refractivity contribution in [3.63, 3.8) is 0 Å². The number of hydrogen-bond donors (Lipinski definition) is 0. The molecule has 1 aliphatic rings. The van der Waals surface area contributed by atoms with Crippen LogP contribution >= 0.6 is 23.2 Å². The molecule has 140 valence electrons. The van der Waals surface area contributed by atoms with Crippen LogP contribution in [0.2, 0.25) is 10.0 Å². The standard InChI is InChI=1S/C21H21Cl2N3O/c1-24-19-13-17(22)7-6-15(19)12-20(24)21(27)26-10-8-25(9-11-26)14-16-4-2-3-5-18(16)23/h2-7,12-13H,8-11,14H2,1H3. The molecular weight excluding hydrogens is 381 g/mol. The van der Waals surface area contributed by atoms with Gasteiger partial charge in [0.2, 0.25) is 0 Å². The Kier molecular flexibility index (Phi) is 5.13. The lowest BCUT2D eigenvalue weighted by Crippen LogP contribution is -2.48. The molecule has 4 nitrogen and oxygen atoms in total. The van der Waals surface area contributed by atoms with Gasteiger partial charge in [-0.25, -0.2) is 0 Å². The summed E-state index contributed by atoms with van der Waals surface area (Å²) in [4.78, 5) is 17.3. The minimum Gasteiger partial charge on any atom is -0.340 e. The summed E-state index contributed by atoms with van der Waals surface area (Å²) in [6.07, 6.45) is 0. The van der Waals surface area contributed by atoms with Gasteiger partial charge in [-0.15, -0.1) is 0 Å². The summed E-state index contributed by atoms with van der Waals surface area (Å²) in [7, 11) is 1.92. The van der Waals surface area contributed by atoms with E-state index in [1.54, 1.807) is 0 Å². The van der Waals surface area contributed by atoms with E-state index in [-0.39, 0.29) is 5.91 Å². The Morgan fingerprint density at radius 2 is 1.74 bits per heavy atom. The van der Waals surface area contributed by atoms with Gasteiger partial charge >= 0.3 is 0 Å². The van der Waals surface area contributed by atoms with Gasteiger partial charge < -0.3 is 9.47 Å². The van der Waals surface area contributed by atoms with Gasteiger partial charge in [-0.1, -0.05) is 47.5 Å². The zero-order valence-electron chi connectivity index (χ0n) is 15.2. The summed E-state index contributed by atoms with van der Waals surface area (Å²) in [5, 5.41) is 2.50. The van der Waals surface area contributed by atoms with E-state index in [2.05, 4.69) is 11.0 Å². The number of aromatic nitrogens is 1. The van der Waals surface area contributed by atoms with E-state index in [0.29, 0.717) is 23.8 Å². The lowest BCUT2D eigenvalue weighted by Gasteiger charge is -2.35. The molecule has 1 amide bonds. The topological polar surface area (TPSA) is 28.5 Å². The Hall–Kier alpha value is -2.01. The lowest BCUT2D eigenvalue weighted by atomic mass is 10.2. The minimum absolute atomic E-state index is 0.0715. The van der Waals surface area contributed by atoms with Gasteiger partial charge in [0.25, 0.3) is 5.91 Å². The molecule has 0 aliphatic carbocycles. The van der Waals surface area contributed by atoms with Gasteiger partial charge in [0.05, 0.1) is 0 Å². The number of fused-ring (bicyclic) bond motifs is 1. The molecule has 0 unspecified atom stereocenters. The summed E-state index contributed by atoms with van der Waals surface area (Å²) < 4.78 is 1.93. The molecule has 2 aromatic carbocycles. The zero-order chi connectivity index (χ0) is 19.0. The molecule has 1 aromatic heterocycles. The largest absolute Gasteiger partial charge is 0.340 e. The van der Waals surface area contributed by atoms with E-state index in [4.69, 9.17) is 23.2 Å². The average molecular weight is 402 g/mol. The molecule has 1 fully saturated rings. The van der Waals surface area contributed by atoms with Crippen LogP contribution in [0, 0.1) is 0 Å². The molecule has 0 N–H and O–H groups in total. The molecule has 0 atom stereocenters. The molecule has 2 heterocycles. The zero-order valence-corrected chi connectivity index (χ0v) is 16.7. The molecule has 6 heteroatoms. The van der Waals surface area contributed by atoms with E-state index in [1.165, 1.54) is 0 Å². The van der Waals surface area contributed by atoms with Gasteiger partial charge in [-0.2, -0.15) is 0 Å². The second-order valence-electron chi connectivity index (χ2n) is 6.95. The van der Waals surface area contributed by atoms with E-state index >= 15 is 0 Å². The number of rotatable bonds is 3. The van der Waals surface area contributed by atoms with Crippen LogP contribution in [-0.2, 0) is 13.6 Å². The first kappa shape index (κ1) is 18.4. The highest BCUT2D eigenvalue weighted by Crippen LogP contribution is 2.24. The first-order chi connectivity index (χ1) is 13.0. The third-order valence-corrected chi connectivity index (χ3v) is 5.84. The molecule has 0 radical (unpaired) electrons. The van der Waals surface area contributed by atoms with Gasteiger partial charge in [0, 0.05) is 60.7 Å². The fourth-order valence-corrected chi connectivity index (χ4v) is 4.01. The molecule has 1 saturated heterocycles. The predicted octanol–water partition coefficient (Wildman–Crippen LogP) is 4.44. The summed E-state index contributed by atoms with van der Waals surface area (Å²) in [5.74, 6) is 0.0715. The number of hydrogen-bond acceptors (Lipinski definition) is 2. The maximum absolute atomic E-state index is 13.0. The van der Waals surface area contributed by atoms with E-state index in [1.807, 2.05) is 59.0 Å². The number of amides is 1. The summed E-state index contributed by atoms with van der Waals surface area (Å²) in [6.45, 7) is 3.92. The van der Waals surface area contributed by atoms with Crippen LogP contribution in [0.5, 0.6) is 0 Å². The predicted molar refractivity (Wildman–Crippen MR) is 111 cm³/mol. The van der Waals surface area contributed by atoms with Crippen LogP contribution in [0.25, 0.3) is 10.9 Å². The highest BCUT2D eigenvalue weighted by atomic mass is 35.5. The highest BCUT2D eigenvalue weighted by molar-refractivity contribution is 6.31. The van der Waals surface area contributed by atoms with Crippen molar-refractivity contribution in [3.05, 3.63) is 69.8 Å². The number of halogens is 2. The third kappa shape index (κ3) is 3.70. The SMILES string of the molecule is Cn1c(C(=O)N2CCN(Cc3ccccc3Cl)CC2)cc2ccc(Cl)cc21. The van der Waals surface area contributed by atoms with Crippen molar-refractivity contribution in [2.24, 2.45) is 7.05 Å². The summed E-state index contributed by atoms with van der Waals surface area (Å²) >= 11 is 12.4. The molecule has 0 saturated carbocycles. The molecule has 1 aliphatic heterocycles. The summed E-state index contributed by atoms with van der Waals surface area (Å²) in [6, 6.07) is 15.6. The number of carbonyl (C=O) groups is 1. The Labute approximate surface area is 168 Å². The molecule has 3 aromatic rings. The van der Waals surface area contributed by atoms with Gasteiger partial charge in [-0.3, -0.25) is 9.69 Å². The number of carbonyl (C=O) groups excluding carboxylic acids is 1. The van der Waals surface area contributed by atoms with Crippen LogP contribution in [0.1, 0.15) is 16.1 Å². The maximum Gasteiger partial charge on any atom is 0.270 e. The molecule has 4 rings (SSSR count). The highest BCUT2D eigenvalue weighted by Gasteiger charge is 2.24. The van der Waals surface area contributed by atoms with Crippen molar-refractivity contribution < 1.29 is 4.79 Å². The first-order valence-electron chi connectivity index (χ1n) is 9.03. The fraction of sp³-hybridized carbons (Fsp3) is 0.286. The van der Waals surface area contributed by atoms with Crippen molar-refractivity contribution in [1.29, 1.82) is 0 Å². The number of piperazine rings is 1. The molecular formula is C21H21Cl2N3O. The van der Waals surface area contributed by atoms with E-state index in [0.717, 1.165) is 41.1 Å². The van der Waals surface area contributed by atoms with Crippen LogP contribution < -0.4 is 0 Å². The van der Waals surface area contributed by atoms with Gasteiger partial charge in [-0.05, 0) is 29.8 Å². The average Bonchev–Trinajstić information content (AvgIpc) is 3.00. The van der Waals surface area contributed by atoms with Crippen LogP contribution in [0.4, 0.5) is 0 Å². The minimum atomic E-state index is 0.0715. The Morgan fingerprint density at radius 3 is 2.48 bits per heavy atom. The fourth-order valence-electron chi connectivity index (χ4n) is 3.65. The van der Waals surface area contributed by atoms with Crippen molar-refractivity contribution in [2.75, 3.05) is 26.2 Å². The third-order valence-electron chi connectivity index (χ3n) is 5.24. The molecule has 0 spiro atoms. The maximum atomic E-state index is 13.0. The number of benzene rings is 2. The van der Waals surface area contributed by atoms with Crippen molar-refractivity contribution in [1.82, 2.24) is 14.4 Å². The molecule has 0 bridgehead atoms. The number of nitrogens with zero attached hydrogens (tertiary/aromatic N) is 3. The van der Waals surface area contributed by atoms with Gasteiger partial charge in [0.1, 0.15) is 5.69 Å². The van der Waals surface area contributed by atoms with Crippen molar-refractivity contribution >= 4 is 40.0 Å². The van der Waals surface area contributed by atoms with Gasteiger partial charge in [0.15, 0.2) is 0 Å². The summed E-state index contributed by atoms with van der Waals surface area (Å²) in [5.41, 5.74) is 2.81. The van der Waals surface area contributed by atoms with E-state index < -0.39 is 0 Å². The molecule has 27 heavy (non-hydrogen) atoms. The smallest absolute Gasteiger partial charge is 0.270 e.